The predicted octanol–water partition coefficient (Wildman–Crippen LogP) is 10.6. The molecule has 2 fully saturated rings. The molecule has 0 saturated carbocycles. The summed E-state index contributed by atoms with van der Waals surface area (Å²) < 4.78 is 0. The van der Waals surface area contributed by atoms with Crippen LogP contribution < -0.4 is 16.0 Å². The van der Waals surface area contributed by atoms with Crippen LogP contribution in [0.5, 0.6) is 0 Å². The van der Waals surface area contributed by atoms with E-state index in [9.17, 15) is 9.59 Å². The predicted molar refractivity (Wildman–Crippen MR) is 219 cm³/mol. The van der Waals surface area contributed by atoms with Crippen LogP contribution in [0.4, 0.5) is 0 Å². The zero-order valence-electron chi connectivity index (χ0n) is 34.2. The molecule has 51 heavy (non-hydrogen) atoms. The highest BCUT2D eigenvalue weighted by Crippen LogP contribution is 2.17. The largest absolute Gasteiger partial charge is 0.353 e. The maximum atomic E-state index is 12.6. The molecule has 7 nitrogen and oxygen atoms in total. The van der Waals surface area contributed by atoms with Gasteiger partial charge in [0.05, 0.1) is 12.3 Å². The quantitative estimate of drug-likeness (QED) is 0.0435. The van der Waals surface area contributed by atoms with Gasteiger partial charge in [-0.05, 0) is 12.8 Å². The SMILES string of the molecule is CCCCCCCCCCCCCCCCCC(=O)NCC(NC(CNC(=O)CCCCCCCCCCCCCCCCC)N1CC1)N1CC1. The summed E-state index contributed by atoms with van der Waals surface area (Å²) in [6, 6.07) is 0. The minimum atomic E-state index is 0.132. The number of hydrogen-bond acceptors (Lipinski definition) is 5. The second kappa shape index (κ2) is 33.4. The monoisotopic (exact) mass is 718 g/mol. The molecule has 0 spiro atoms. The first-order valence-corrected chi connectivity index (χ1v) is 22.9. The van der Waals surface area contributed by atoms with Gasteiger partial charge in [0, 0.05) is 52.1 Å². The van der Waals surface area contributed by atoms with Crippen LogP contribution in [-0.4, -0.2) is 73.2 Å². The van der Waals surface area contributed by atoms with Gasteiger partial charge in [0.15, 0.2) is 0 Å². The van der Waals surface area contributed by atoms with Crippen LogP contribution in [0.2, 0.25) is 0 Å². The number of nitrogens with one attached hydrogen (secondary N) is 3. The Kier molecular flexibility index (Phi) is 30.1. The lowest BCUT2D eigenvalue weighted by Gasteiger charge is -2.28. The molecule has 0 bridgehead atoms. The van der Waals surface area contributed by atoms with E-state index >= 15 is 0 Å². The third kappa shape index (κ3) is 28.9. The number of nitrogens with zero attached hydrogens (tertiary/aromatic N) is 2. The number of amides is 2. The number of hydrogen-bond donors (Lipinski definition) is 3. The summed E-state index contributed by atoms with van der Waals surface area (Å²) >= 11 is 0. The summed E-state index contributed by atoms with van der Waals surface area (Å²) in [5.74, 6) is 0.358. The van der Waals surface area contributed by atoms with Crippen molar-refractivity contribution in [3.63, 3.8) is 0 Å². The van der Waals surface area contributed by atoms with Crippen molar-refractivity contribution < 1.29 is 9.59 Å². The lowest BCUT2D eigenvalue weighted by Crippen LogP contribution is -2.55. The zero-order chi connectivity index (χ0) is 36.5. The highest BCUT2D eigenvalue weighted by molar-refractivity contribution is 5.76. The number of rotatable bonds is 40. The van der Waals surface area contributed by atoms with Gasteiger partial charge in [-0.25, -0.2) is 0 Å². The topological polar surface area (TPSA) is 76.3 Å². The molecule has 0 aliphatic carbocycles. The molecule has 300 valence electrons. The maximum Gasteiger partial charge on any atom is 0.220 e. The fourth-order valence-corrected chi connectivity index (χ4v) is 7.46. The molecular formula is C44H87N5O2. The van der Waals surface area contributed by atoms with E-state index in [0.29, 0.717) is 25.9 Å². The van der Waals surface area contributed by atoms with Gasteiger partial charge in [-0.3, -0.25) is 24.7 Å². The molecule has 0 radical (unpaired) electrons. The number of unbranched alkanes of at least 4 members (excludes halogenated alkanes) is 28. The molecule has 3 N–H and O–H groups in total. The van der Waals surface area contributed by atoms with Gasteiger partial charge in [-0.1, -0.05) is 194 Å². The van der Waals surface area contributed by atoms with E-state index in [-0.39, 0.29) is 24.1 Å². The van der Waals surface area contributed by atoms with Crippen molar-refractivity contribution >= 4 is 11.8 Å². The van der Waals surface area contributed by atoms with Gasteiger partial charge >= 0.3 is 0 Å². The molecule has 2 atom stereocenters. The van der Waals surface area contributed by atoms with Crippen molar-refractivity contribution in [2.45, 2.75) is 232 Å². The van der Waals surface area contributed by atoms with Gasteiger partial charge in [0.1, 0.15) is 0 Å². The van der Waals surface area contributed by atoms with E-state index in [1.165, 1.54) is 167 Å². The van der Waals surface area contributed by atoms with Gasteiger partial charge < -0.3 is 10.6 Å². The van der Waals surface area contributed by atoms with Crippen molar-refractivity contribution in [1.82, 2.24) is 25.8 Å². The summed E-state index contributed by atoms with van der Waals surface area (Å²) in [7, 11) is 0. The van der Waals surface area contributed by atoms with Gasteiger partial charge in [0.25, 0.3) is 0 Å². The summed E-state index contributed by atoms with van der Waals surface area (Å²) in [6.45, 7) is 10.1. The van der Waals surface area contributed by atoms with Crippen molar-refractivity contribution in [3.8, 4) is 0 Å². The average molecular weight is 718 g/mol. The van der Waals surface area contributed by atoms with Gasteiger partial charge in [0.2, 0.25) is 11.8 Å². The first-order valence-electron chi connectivity index (χ1n) is 22.9. The Morgan fingerprint density at radius 1 is 0.392 bits per heavy atom. The normalized spacial score (nSPS) is 15.6. The molecule has 2 rings (SSSR count). The van der Waals surface area contributed by atoms with Crippen LogP contribution in [0, 0.1) is 0 Å². The lowest BCUT2D eigenvalue weighted by atomic mass is 10.0. The molecule has 2 aliphatic heterocycles. The van der Waals surface area contributed by atoms with Crippen LogP contribution >= 0.6 is 0 Å². The third-order valence-corrected chi connectivity index (χ3v) is 11.2. The highest BCUT2D eigenvalue weighted by Gasteiger charge is 2.34. The second-order valence-corrected chi connectivity index (χ2v) is 16.3. The highest BCUT2D eigenvalue weighted by atomic mass is 16.2. The lowest BCUT2D eigenvalue weighted by molar-refractivity contribution is -0.122. The second-order valence-electron chi connectivity index (χ2n) is 16.3. The van der Waals surface area contributed by atoms with E-state index in [0.717, 1.165) is 51.9 Å². The van der Waals surface area contributed by atoms with E-state index in [2.05, 4.69) is 39.6 Å². The van der Waals surface area contributed by atoms with Crippen molar-refractivity contribution in [2.75, 3.05) is 39.3 Å². The van der Waals surface area contributed by atoms with Crippen LogP contribution in [0.3, 0.4) is 0 Å². The fraction of sp³-hybridized carbons (Fsp3) is 0.955. The molecular weight excluding hydrogens is 631 g/mol. The zero-order valence-corrected chi connectivity index (χ0v) is 34.2. The fourth-order valence-electron chi connectivity index (χ4n) is 7.46. The van der Waals surface area contributed by atoms with E-state index < -0.39 is 0 Å². The molecule has 0 aromatic heterocycles. The molecule has 7 heteroatoms. The molecule has 0 aromatic rings. The first-order chi connectivity index (χ1) is 25.1. The Bertz CT molecular complexity index is 738. The van der Waals surface area contributed by atoms with Gasteiger partial charge in [-0.15, -0.1) is 0 Å². The van der Waals surface area contributed by atoms with E-state index in [1.807, 2.05) is 0 Å². The molecule has 2 unspecified atom stereocenters. The van der Waals surface area contributed by atoms with Crippen LogP contribution in [0.25, 0.3) is 0 Å². The Hall–Kier alpha value is -1.18. The minimum absolute atomic E-state index is 0.132. The summed E-state index contributed by atoms with van der Waals surface area (Å²) in [5.41, 5.74) is 0. The molecule has 2 saturated heterocycles. The standard InChI is InChI=1S/C44H87N5O2/c1-3-5-7-9-11-13-15-17-19-21-23-25-27-29-31-33-43(50)45-39-41(48-35-36-48)47-42(49-37-38-49)40-46-44(51)34-32-30-28-26-24-22-20-18-16-14-12-10-8-6-4-2/h41-42,47H,3-40H2,1-2H3,(H,45,50)(H,46,51). The summed E-state index contributed by atoms with van der Waals surface area (Å²) in [6.07, 6.45) is 41.8. The Morgan fingerprint density at radius 3 is 0.863 bits per heavy atom. The van der Waals surface area contributed by atoms with E-state index in [1.54, 1.807) is 0 Å². The maximum absolute atomic E-state index is 12.6. The van der Waals surface area contributed by atoms with Crippen LogP contribution in [0.1, 0.15) is 219 Å². The summed E-state index contributed by atoms with van der Waals surface area (Å²) in [5, 5.41) is 10.2. The van der Waals surface area contributed by atoms with E-state index in [4.69, 9.17) is 0 Å². The molecule has 2 aliphatic rings. The third-order valence-electron chi connectivity index (χ3n) is 11.2. The molecule has 0 aromatic carbocycles. The molecule has 2 amide bonds. The molecule has 2 heterocycles. The Balaban J connectivity index is 1.41. The summed E-state index contributed by atoms with van der Waals surface area (Å²) in [4.78, 5) is 30.0. The average Bonchev–Trinajstić information content (AvgIpc) is 4.06. The number of carbonyl (C=O) groups excluding carboxylic acids is 2. The Labute approximate surface area is 317 Å². The van der Waals surface area contributed by atoms with Crippen LogP contribution in [0.15, 0.2) is 0 Å². The van der Waals surface area contributed by atoms with Crippen molar-refractivity contribution in [3.05, 3.63) is 0 Å². The Morgan fingerprint density at radius 2 is 0.627 bits per heavy atom. The van der Waals surface area contributed by atoms with Crippen molar-refractivity contribution in [2.24, 2.45) is 0 Å². The van der Waals surface area contributed by atoms with Gasteiger partial charge in [-0.2, -0.15) is 0 Å². The first kappa shape index (κ1) is 46.0. The number of carbonyl (C=O) groups is 2. The van der Waals surface area contributed by atoms with Crippen LogP contribution in [-0.2, 0) is 9.59 Å². The van der Waals surface area contributed by atoms with Crippen molar-refractivity contribution in [1.29, 1.82) is 0 Å². The minimum Gasteiger partial charge on any atom is -0.353 e. The smallest absolute Gasteiger partial charge is 0.220 e.